The first-order valence-electron chi connectivity index (χ1n) is 28.7. The molecule has 0 fully saturated rings. The first-order chi connectivity index (χ1) is 35.4. The van der Waals surface area contributed by atoms with Gasteiger partial charge in [-0.3, -0.25) is 19.2 Å². The van der Waals surface area contributed by atoms with E-state index < -0.39 is 24.4 Å². The van der Waals surface area contributed by atoms with Crippen LogP contribution in [0.25, 0.3) is 0 Å². The molecule has 0 aromatic heterocycles. The molecule has 2 N–H and O–H groups in total. The Morgan fingerprint density at radius 3 is 1.09 bits per heavy atom. The third-order valence-electron chi connectivity index (χ3n) is 12.8. The molecule has 0 aromatic carbocycles. The standard InChI is InChI=1S/C58H106N2O14/c1-9-13-27-37-51(73-57(67)47-59(5,6)41-43-69-53(63)33-11-3)49(61)35-29-23-19-15-17-21-25-31-39-55(65)71-45-46-72-56(66)40-32-26-22-18-16-20-24-30-36-50(62)52(38-28-14-10-2)74-58(68)48-60(7,8)42-44-70-54(64)34-12-4/h23-24,29-30,49-52,61-62H,9-22,25-28,31-48H2,1-8H3/q+2/b29-23-,30-24-. The topological polar surface area (TPSA) is 198 Å². The number of rotatable bonds is 49. The number of quaternary nitrogens is 2. The molecule has 0 radical (unpaired) electrons. The van der Waals surface area contributed by atoms with Gasteiger partial charge < -0.3 is 47.6 Å². The first kappa shape index (κ1) is 70.1. The fourth-order valence-electron chi connectivity index (χ4n) is 8.08. The zero-order chi connectivity index (χ0) is 55.3. The fraction of sp³-hybridized carbons (Fsp3) is 0.828. The smallest absolute Gasteiger partial charge is 0.362 e. The highest BCUT2D eigenvalue weighted by Gasteiger charge is 2.29. The molecule has 0 heterocycles. The van der Waals surface area contributed by atoms with Gasteiger partial charge in [-0.2, -0.15) is 0 Å². The summed E-state index contributed by atoms with van der Waals surface area (Å²) in [7, 11) is 7.57. The molecule has 0 aliphatic carbocycles. The van der Waals surface area contributed by atoms with Crippen molar-refractivity contribution >= 4 is 35.8 Å². The summed E-state index contributed by atoms with van der Waals surface area (Å²) >= 11 is 0. The van der Waals surface area contributed by atoms with Crippen LogP contribution in [0.4, 0.5) is 0 Å². The lowest BCUT2D eigenvalue weighted by atomic mass is 10.0. The van der Waals surface area contributed by atoms with Gasteiger partial charge in [0.2, 0.25) is 0 Å². The van der Waals surface area contributed by atoms with Crippen molar-refractivity contribution in [3.63, 3.8) is 0 Å². The number of ether oxygens (including phenoxy) is 6. The molecule has 4 atom stereocenters. The number of allylic oxidation sites excluding steroid dienone is 2. The molecule has 0 bridgehead atoms. The fourth-order valence-corrected chi connectivity index (χ4v) is 8.08. The van der Waals surface area contributed by atoms with E-state index >= 15 is 0 Å². The Kier molecular flexibility index (Phi) is 43.0. The van der Waals surface area contributed by atoms with Crippen LogP contribution in [0.1, 0.15) is 207 Å². The third kappa shape index (κ3) is 42.4. The number of likely N-dealkylation sites (N-methyl/N-ethyl adjacent to an activating group) is 2. The Balaban J connectivity index is 4.17. The summed E-state index contributed by atoms with van der Waals surface area (Å²) in [4.78, 5) is 73.5. The van der Waals surface area contributed by atoms with Crippen LogP contribution in [0.5, 0.6) is 0 Å². The van der Waals surface area contributed by atoms with E-state index in [0.717, 1.165) is 128 Å². The Labute approximate surface area is 447 Å². The number of aliphatic hydroxyl groups is 2. The SMILES string of the molecule is CCCCCC(OC(=O)C[N+](C)(C)CCOC(=O)CCC)C(O)C/C=C\CCCCCCCC(=O)OCCOC(=O)CCCCCCC/C=C\CC(O)C(CCCCC)OC(=O)C[N+](C)(C)CCOC(=O)CCC. The van der Waals surface area contributed by atoms with Crippen LogP contribution >= 0.6 is 0 Å². The van der Waals surface area contributed by atoms with Crippen LogP contribution in [-0.2, 0) is 57.2 Å². The first-order valence-corrected chi connectivity index (χ1v) is 28.7. The molecule has 0 rings (SSSR count). The van der Waals surface area contributed by atoms with E-state index in [9.17, 15) is 39.0 Å². The van der Waals surface area contributed by atoms with E-state index in [1.165, 1.54) is 0 Å². The summed E-state index contributed by atoms with van der Waals surface area (Å²) in [5, 5.41) is 21.9. The molecule has 430 valence electrons. The number of esters is 6. The van der Waals surface area contributed by atoms with Crippen molar-refractivity contribution in [1.82, 2.24) is 0 Å². The summed E-state index contributed by atoms with van der Waals surface area (Å²) < 4.78 is 33.3. The predicted molar refractivity (Wildman–Crippen MR) is 290 cm³/mol. The van der Waals surface area contributed by atoms with E-state index in [-0.39, 0.29) is 75.3 Å². The van der Waals surface area contributed by atoms with E-state index in [1.54, 1.807) is 0 Å². The van der Waals surface area contributed by atoms with Crippen molar-refractivity contribution in [3.05, 3.63) is 24.3 Å². The lowest BCUT2D eigenvalue weighted by Gasteiger charge is -2.30. The Hall–Kier alpha value is -3.86. The third-order valence-corrected chi connectivity index (χ3v) is 12.8. The number of aliphatic hydroxyl groups excluding tert-OH is 2. The minimum atomic E-state index is -0.789. The van der Waals surface area contributed by atoms with Crippen molar-refractivity contribution < 1.29 is 76.4 Å². The Morgan fingerprint density at radius 1 is 0.392 bits per heavy atom. The quantitative estimate of drug-likeness (QED) is 0.0192. The molecule has 0 aromatic rings. The van der Waals surface area contributed by atoms with E-state index in [0.29, 0.717) is 73.4 Å². The van der Waals surface area contributed by atoms with E-state index in [2.05, 4.69) is 26.0 Å². The normalized spacial score (nSPS) is 13.6. The van der Waals surface area contributed by atoms with Gasteiger partial charge >= 0.3 is 35.8 Å². The van der Waals surface area contributed by atoms with Gasteiger partial charge in [0.1, 0.15) is 51.7 Å². The van der Waals surface area contributed by atoms with Gasteiger partial charge in [-0.1, -0.05) is 116 Å². The van der Waals surface area contributed by atoms with Crippen molar-refractivity contribution in [3.8, 4) is 0 Å². The van der Waals surface area contributed by atoms with Crippen LogP contribution in [0.15, 0.2) is 24.3 Å². The highest BCUT2D eigenvalue weighted by molar-refractivity contribution is 5.72. The molecule has 0 amide bonds. The number of carbonyl (C=O) groups is 6. The molecule has 0 saturated carbocycles. The van der Waals surface area contributed by atoms with Gasteiger partial charge in [-0.25, -0.2) is 9.59 Å². The molecule has 0 saturated heterocycles. The molecular formula is C58H106N2O14+2. The van der Waals surface area contributed by atoms with Crippen molar-refractivity contribution in [1.29, 1.82) is 0 Å². The molecule has 74 heavy (non-hydrogen) atoms. The average molecular weight is 1060 g/mol. The number of hydrogen-bond donors (Lipinski definition) is 2. The van der Waals surface area contributed by atoms with Crippen molar-refractivity contribution in [2.24, 2.45) is 0 Å². The Morgan fingerprint density at radius 2 is 0.730 bits per heavy atom. The zero-order valence-electron chi connectivity index (χ0n) is 47.8. The second kappa shape index (κ2) is 45.3. The highest BCUT2D eigenvalue weighted by atomic mass is 16.6. The van der Waals surface area contributed by atoms with Gasteiger partial charge in [-0.05, 0) is 89.9 Å². The van der Waals surface area contributed by atoms with Crippen LogP contribution in [0.2, 0.25) is 0 Å². The summed E-state index contributed by atoms with van der Waals surface area (Å²) in [6.45, 7) is 9.85. The van der Waals surface area contributed by atoms with E-state index in [1.807, 2.05) is 54.2 Å². The number of unbranched alkanes of at least 4 members (excludes halogenated alkanes) is 14. The minimum Gasteiger partial charge on any atom is -0.462 e. The van der Waals surface area contributed by atoms with Crippen LogP contribution in [0.3, 0.4) is 0 Å². The highest BCUT2D eigenvalue weighted by Crippen LogP contribution is 2.18. The lowest BCUT2D eigenvalue weighted by molar-refractivity contribution is -0.883. The molecule has 16 nitrogen and oxygen atoms in total. The number of hydrogen-bond acceptors (Lipinski definition) is 14. The van der Waals surface area contributed by atoms with E-state index in [4.69, 9.17) is 28.4 Å². The number of nitrogens with zero attached hydrogens (tertiary/aromatic N) is 2. The average Bonchev–Trinajstić information content (AvgIpc) is 3.33. The predicted octanol–water partition coefficient (Wildman–Crippen LogP) is 9.97. The minimum absolute atomic E-state index is 0.0530. The largest absolute Gasteiger partial charge is 0.462 e. The molecule has 0 aliphatic rings. The van der Waals surface area contributed by atoms with Crippen LogP contribution in [-0.4, -0.2) is 160 Å². The monoisotopic (exact) mass is 1050 g/mol. The second-order valence-electron chi connectivity index (χ2n) is 21.2. The second-order valence-corrected chi connectivity index (χ2v) is 21.2. The van der Waals surface area contributed by atoms with Gasteiger partial charge in [0.15, 0.2) is 13.1 Å². The molecular weight excluding hydrogens is 949 g/mol. The zero-order valence-corrected chi connectivity index (χ0v) is 47.8. The summed E-state index contributed by atoms with van der Waals surface area (Å²) in [6, 6.07) is 0. The summed E-state index contributed by atoms with van der Waals surface area (Å²) in [5.74, 6) is -1.79. The molecule has 4 unspecified atom stereocenters. The van der Waals surface area contributed by atoms with Crippen molar-refractivity contribution in [2.45, 2.75) is 232 Å². The van der Waals surface area contributed by atoms with Crippen molar-refractivity contribution in [2.75, 3.05) is 80.8 Å². The summed E-state index contributed by atoms with van der Waals surface area (Å²) in [5.41, 5.74) is 0. The summed E-state index contributed by atoms with van der Waals surface area (Å²) in [6.07, 6.45) is 27.1. The molecule has 16 heteroatoms. The van der Waals surface area contributed by atoms with Gasteiger partial charge in [0, 0.05) is 25.7 Å². The van der Waals surface area contributed by atoms with Crippen LogP contribution in [0, 0.1) is 0 Å². The lowest BCUT2D eigenvalue weighted by Crippen LogP contribution is -2.48. The maximum atomic E-state index is 12.9. The maximum absolute atomic E-state index is 12.9. The Bertz CT molecular complexity index is 1440. The van der Waals surface area contributed by atoms with Gasteiger partial charge in [0.05, 0.1) is 40.4 Å². The van der Waals surface area contributed by atoms with Gasteiger partial charge in [-0.15, -0.1) is 0 Å². The molecule has 0 aliphatic heterocycles. The molecule has 0 spiro atoms. The number of carbonyl (C=O) groups excluding carboxylic acids is 6. The van der Waals surface area contributed by atoms with Gasteiger partial charge in [0.25, 0.3) is 0 Å². The van der Waals surface area contributed by atoms with Crippen LogP contribution < -0.4 is 0 Å². The maximum Gasteiger partial charge on any atom is 0.362 e.